The maximum atomic E-state index is 5.49. The Kier molecular flexibility index (Phi) is 8.41. The third kappa shape index (κ3) is 5.95. The van der Waals surface area contributed by atoms with E-state index in [9.17, 15) is 0 Å². The van der Waals surface area contributed by atoms with Crippen LogP contribution in [0.15, 0.2) is 80.3 Å². The minimum Gasteiger partial charge on any atom is -0.405 e. The summed E-state index contributed by atoms with van der Waals surface area (Å²) in [6.45, 7) is 11.8. The van der Waals surface area contributed by atoms with Crippen LogP contribution in [0.3, 0.4) is 0 Å². The number of benzene rings is 1. The second kappa shape index (κ2) is 12.1. The number of hydrogen-bond donors (Lipinski definition) is 1. The Morgan fingerprint density at radius 3 is 2.31 bits per heavy atom. The molecule has 5 nitrogen and oxygen atoms in total. The van der Waals surface area contributed by atoms with E-state index in [1.165, 1.54) is 24.6 Å². The summed E-state index contributed by atoms with van der Waals surface area (Å²) < 4.78 is 0. The molecule has 2 aromatic heterocycles. The summed E-state index contributed by atoms with van der Waals surface area (Å²) >= 11 is 0. The first kappa shape index (κ1) is 25.1. The van der Waals surface area contributed by atoms with Crippen molar-refractivity contribution in [1.82, 2.24) is 14.9 Å². The lowest BCUT2D eigenvalue weighted by Crippen LogP contribution is -2.31. The van der Waals surface area contributed by atoms with E-state index in [4.69, 9.17) is 11.4 Å². The number of nitrogens with zero attached hydrogens (tertiary/aromatic N) is 4. The first-order valence-electron chi connectivity index (χ1n) is 12.6. The van der Waals surface area contributed by atoms with E-state index in [-0.39, 0.29) is 0 Å². The fourth-order valence-corrected chi connectivity index (χ4v) is 4.96. The van der Waals surface area contributed by atoms with Crippen LogP contribution >= 0.6 is 0 Å². The van der Waals surface area contributed by atoms with Crippen LogP contribution in [-0.2, 0) is 0 Å². The van der Waals surface area contributed by atoms with Gasteiger partial charge >= 0.3 is 0 Å². The molecule has 2 N–H and O–H groups in total. The number of hydrogen-bond acceptors (Lipinski definition) is 5. The summed E-state index contributed by atoms with van der Waals surface area (Å²) in [6.07, 6.45) is 15.3. The fourth-order valence-electron chi connectivity index (χ4n) is 4.96. The van der Waals surface area contributed by atoms with Gasteiger partial charge in [-0.05, 0) is 79.8 Å². The normalized spacial score (nSPS) is 15.5. The molecule has 3 aromatic rings. The van der Waals surface area contributed by atoms with Gasteiger partial charge in [0.1, 0.15) is 5.82 Å². The quantitative estimate of drug-likeness (QED) is 0.480. The molecule has 2 aliphatic rings. The van der Waals surface area contributed by atoms with Crippen molar-refractivity contribution < 1.29 is 0 Å². The molecule has 0 amide bonds. The highest BCUT2D eigenvalue weighted by Gasteiger charge is 2.22. The summed E-state index contributed by atoms with van der Waals surface area (Å²) in [5.41, 5.74) is 11.1. The van der Waals surface area contributed by atoms with Crippen molar-refractivity contribution in [3.05, 3.63) is 97.0 Å². The Hall–Kier alpha value is -4.04. The number of terminal acetylenes is 1. The van der Waals surface area contributed by atoms with Gasteiger partial charge in [0, 0.05) is 61.0 Å². The molecule has 0 bridgehead atoms. The third-order valence-electron chi connectivity index (χ3n) is 6.99. The Morgan fingerprint density at radius 1 is 1.00 bits per heavy atom. The molecule has 2 aliphatic heterocycles. The van der Waals surface area contributed by atoms with E-state index in [1.807, 2.05) is 24.5 Å². The lowest BCUT2D eigenvalue weighted by Gasteiger charge is -2.35. The van der Waals surface area contributed by atoms with Gasteiger partial charge in [-0.2, -0.15) is 0 Å². The van der Waals surface area contributed by atoms with Gasteiger partial charge in [0.15, 0.2) is 0 Å². The lowest BCUT2D eigenvalue weighted by molar-refractivity contribution is 0.299. The van der Waals surface area contributed by atoms with Gasteiger partial charge in [-0.15, -0.1) is 6.42 Å². The smallest absolute Gasteiger partial charge is 0.128 e. The number of piperidine rings is 1. The molecule has 0 unspecified atom stereocenters. The van der Waals surface area contributed by atoms with Crippen molar-refractivity contribution in [3.63, 3.8) is 0 Å². The van der Waals surface area contributed by atoms with Crippen LogP contribution < -0.4 is 10.6 Å². The van der Waals surface area contributed by atoms with Crippen LogP contribution in [0.25, 0.3) is 17.0 Å². The zero-order chi connectivity index (χ0) is 25.3. The predicted molar refractivity (Wildman–Crippen MR) is 150 cm³/mol. The lowest BCUT2D eigenvalue weighted by atomic mass is 9.88. The molecule has 4 heterocycles. The molecule has 2 fully saturated rings. The van der Waals surface area contributed by atoms with E-state index < -0.39 is 0 Å². The zero-order valence-corrected chi connectivity index (χ0v) is 20.9. The van der Waals surface area contributed by atoms with Crippen LogP contribution in [-0.4, -0.2) is 41.0 Å². The molecule has 36 heavy (non-hydrogen) atoms. The summed E-state index contributed by atoms with van der Waals surface area (Å²) in [6, 6.07) is 16.9. The highest BCUT2D eigenvalue weighted by Crippen LogP contribution is 2.32. The van der Waals surface area contributed by atoms with Crippen molar-refractivity contribution >= 4 is 11.5 Å². The Labute approximate surface area is 215 Å². The van der Waals surface area contributed by atoms with Crippen LogP contribution in [0.4, 0.5) is 5.82 Å². The van der Waals surface area contributed by atoms with E-state index in [0.29, 0.717) is 5.92 Å². The number of aromatic nitrogens is 2. The van der Waals surface area contributed by atoms with E-state index >= 15 is 0 Å². The molecule has 2 saturated heterocycles. The Balaban J connectivity index is 0.000000967. The standard InChI is InChI=1S/C29H30N4.C2H5N/c1-3-23-6-8-24(9-7-23)25-13-18-32(19-14-25)22(2)26-12-15-30-28(20-26)27-10-11-29(31-21-27)33-16-4-5-17-33;1-2-3/h1,6-12,15,20-21,25H,2,4-5,13-14,16-19H2;2H,1,3H2. The first-order chi connectivity index (χ1) is 17.6. The van der Waals surface area contributed by atoms with E-state index in [0.717, 1.165) is 72.9 Å². The third-order valence-corrected chi connectivity index (χ3v) is 6.99. The van der Waals surface area contributed by atoms with Crippen molar-refractivity contribution in [3.8, 4) is 23.6 Å². The second-order valence-corrected chi connectivity index (χ2v) is 9.24. The molecule has 0 radical (unpaired) electrons. The highest BCUT2D eigenvalue weighted by atomic mass is 15.2. The Bertz CT molecular complexity index is 1190. The van der Waals surface area contributed by atoms with Gasteiger partial charge in [0.25, 0.3) is 0 Å². The fraction of sp³-hybridized carbons (Fsp3) is 0.290. The molecule has 5 rings (SSSR count). The van der Waals surface area contributed by atoms with Gasteiger partial charge in [0.05, 0.1) is 5.69 Å². The topological polar surface area (TPSA) is 58.3 Å². The summed E-state index contributed by atoms with van der Waals surface area (Å²) in [7, 11) is 0. The predicted octanol–water partition coefficient (Wildman–Crippen LogP) is 5.66. The Morgan fingerprint density at radius 2 is 1.69 bits per heavy atom. The largest absolute Gasteiger partial charge is 0.405 e. The number of anilines is 1. The first-order valence-corrected chi connectivity index (χ1v) is 12.6. The molecule has 0 spiro atoms. The van der Waals surface area contributed by atoms with E-state index in [2.05, 4.69) is 76.0 Å². The van der Waals surface area contributed by atoms with Crippen LogP contribution in [0.5, 0.6) is 0 Å². The van der Waals surface area contributed by atoms with E-state index in [1.54, 1.807) is 0 Å². The summed E-state index contributed by atoms with van der Waals surface area (Å²) in [5.74, 6) is 4.34. The zero-order valence-electron chi connectivity index (χ0n) is 20.9. The molecular formula is C31H35N5. The van der Waals surface area contributed by atoms with Gasteiger partial charge in [-0.3, -0.25) is 4.98 Å². The average molecular weight is 478 g/mol. The maximum absolute atomic E-state index is 5.49. The molecule has 0 atom stereocenters. The SMILES string of the molecule is C#Cc1ccc(C2CCN(C(=C)c3ccnc(-c4ccc(N5CCCC5)nc4)c3)CC2)cc1.C=CN. The second-order valence-electron chi connectivity index (χ2n) is 9.24. The average Bonchev–Trinajstić information content (AvgIpc) is 3.49. The van der Waals surface area contributed by atoms with Gasteiger partial charge in [-0.25, -0.2) is 4.98 Å². The van der Waals surface area contributed by atoms with Crippen molar-refractivity contribution in [2.24, 2.45) is 5.73 Å². The maximum Gasteiger partial charge on any atom is 0.128 e. The van der Waals surface area contributed by atoms with Crippen LogP contribution in [0.1, 0.15) is 48.3 Å². The van der Waals surface area contributed by atoms with Crippen LogP contribution in [0, 0.1) is 12.3 Å². The van der Waals surface area contributed by atoms with Crippen molar-refractivity contribution in [2.45, 2.75) is 31.6 Å². The number of nitrogens with two attached hydrogens (primary N) is 1. The van der Waals surface area contributed by atoms with Gasteiger partial charge in [0.2, 0.25) is 0 Å². The molecule has 5 heteroatoms. The summed E-state index contributed by atoms with van der Waals surface area (Å²) in [5, 5.41) is 0. The van der Waals surface area contributed by atoms with Gasteiger partial charge in [-0.1, -0.05) is 31.2 Å². The highest BCUT2D eigenvalue weighted by molar-refractivity contribution is 5.68. The molecule has 0 aliphatic carbocycles. The van der Waals surface area contributed by atoms with Crippen LogP contribution in [0.2, 0.25) is 0 Å². The summed E-state index contributed by atoms with van der Waals surface area (Å²) in [4.78, 5) is 14.0. The monoisotopic (exact) mass is 477 g/mol. The molecule has 0 saturated carbocycles. The minimum atomic E-state index is 0.578. The minimum absolute atomic E-state index is 0.578. The van der Waals surface area contributed by atoms with Crippen molar-refractivity contribution in [1.29, 1.82) is 0 Å². The molecule has 184 valence electrons. The van der Waals surface area contributed by atoms with Gasteiger partial charge < -0.3 is 15.5 Å². The number of pyridine rings is 2. The molecular weight excluding hydrogens is 442 g/mol. The van der Waals surface area contributed by atoms with Crippen molar-refractivity contribution in [2.75, 3.05) is 31.1 Å². The molecule has 1 aromatic carbocycles. The number of likely N-dealkylation sites (tertiary alicyclic amines) is 1. The number of rotatable bonds is 5.